The van der Waals surface area contributed by atoms with Gasteiger partial charge < -0.3 is 4.74 Å². The van der Waals surface area contributed by atoms with Crippen LogP contribution >= 0.6 is 0 Å². The third-order valence-electron chi connectivity index (χ3n) is 1.23. The quantitative estimate of drug-likeness (QED) is 0.552. The van der Waals surface area contributed by atoms with Gasteiger partial charge in [0.25, 0.3) is 0 Å². The highest BCUT2D eigenvalue weighted by molar-refractivity contribution is 5.67. The maximum Gasteiger partial charge on any atom is 0.308 e. The average molecular weight is 162 g/mol. The molecule has 0 unspecified atom stereocenters. The van der Waals surface area contributed by atoms with Crippen molar-refractivity contribution in [2.45, 2.75) is 6.92 Å². The molecule has 0 heterocycles. The van der Waals surface area contributed by atoms with Crippen LogP contribution in [0.25, 0.3) is 0 Å². The number of ether oxygens (including phenoxy) is 1. The Balaban J connectivity index is 2.69. The van der Waals surface area contributed by atoms with E-state index >= 15 is 0 Å². The van der Waals surface area contributed by atoms with Gasteiger partial charge in [-0.2, -0.15) is 0 Å². The van der Waals surface area contributed by atoms with Crippen molar-refractivity contribution in [2.75, 3.05) is 0 Å². The lowest BCUT2D eigenvalue weighted by atomic mass is 10.3. The van der Waals surface area contributed by atoms with Gasteiger partial charge in [0.05, 0.1) is 0 Å². The Morgan fingerprint density at radius 2 is 1.83 bits per heavy atom. The van der Waals surface area contributed by atoms with E-state index in [1.165, 1.54) is 6.92 Å². The fourth-order valence-corrected chi connectivity index (χ4v) is 0.783. The minimum atomic E-state index is -0.302. The number of carbonyl (C=O) groups is 1. The van der Waals surface area contributed by atoms with Gasteiger partial charge in [0.1, 0.15) is 5.76 Å². The minimum absolute atomic E-state index is 0.302. The highest BCUT2D eigenvalue weighted by atomic mass is 16.5. The Kier molecular flexibility index (Phi) is 3.08. The second-order valence-corrected chi connectivity index (χ2v) is 2.29. The first-order chi connectivity index (χ1) is 5.79. The van der Waals surface area contributed by atoms with Crippen LogP contribution in [0.5, 0.6) is 0 Å². The van der Waals surface area contributed by atoms with E-state index in [-0.39, 0.29) is 5.97 Å². The molecular weight excluding hydrogens is 152 g/mol. The van der Waals surface area contributed by atoms with Crippen molar-refractivity contribution in [1.82, 2.24) is 0 Å². The van der Waals surface area contributed by atoms with Crippen LogP contribution in [0.3, 0.4) is 0 Å². The van der Waals surface area contributed by atoms with Gasteiger partial charge >= 0.3 is 5.97 Å². The Hall–Kier alpha value is -1.57. The van der Waals surface area contributed by atoms with Gasteiger partial charge in [-0.3, -0.25) is 4.79 Å². The van der Waals surface area contributed by atoms with E-state index in [0.717, 1.165) is 0 Å². The molecule has 2 nitrogen and oxygen atoms in total. The Bertz CT molecular complexity index is 280. The van der Waals surface area contributed by atoms with E-state index in [0.29, 0.717) is 5.76 Å². The van der Waals surface area contributed by atoms with Crippen LogP contribution in [0.4, 0.5) is 0 Å². The summed E-state index contributed by atoms with van der Waals surface area (Å²) < 4.78 is 4.88. The first-order valence-corrected chi connectivity index (χ1v) is 3.69. The molecule has 1 rings (SSSR count). The molecule has 0 saturated carbocycles. The molecule has 0 bridgehead atoms. The summed E-state index contributed by atoms with van der Waals surface area (Å²) in [5.74, 6) is 0.256. The molecule has 0 aromatic carbocycles. The van der Waals surface area contributed by atoms with Crippen LogP contribution < -0.4 is 0 Å². The van der Waals surface area contributed by atoms with E-state index < -0.39 is 0 Å². The largest absolute Gasteiger partial charge is 0.427 e. The van der Waals surface area contributed by atoms with Crippen LogP contribution in [0.2, 0.25) is 0 Å². The van der Waals surface area contributed by atoms with Gasteiger partial charge in [-0.15, -0.1) is 0 Å². The van der Waals surface area contributed by atoms with Crippen molar-refractivity contribution >= 4 is 5.97 Å². The van der Waals surface area contributed by atoms with Crippen LogP contribution in [-0.4, -0.2) is 5.97 Å². The maximum absolute atomic E-state index is 10.6. The molecule has 2 heteroatoms. The lowest BCUT2D eigenvalue weighted by molar-refractivity contribution is -0.136. The second-order valence-electron chi connectivity index (χ2n) is 2.29. The highest BCUT2D eigenvalue weighted by Crippen LogP contribution is 2.03. The van der Waals surface area contributed by atoms with Crippen LogP contribution in [0, 0.1) is 0 Å². The molecule has 0 N–H and O–H groups in total. The predicted molar refractivity (Wildman–Crippen MR) is 47.3 cm³/mol. The van der Waals surface area contributed by atoms with Crippen molar-refractivity contribution in [2.24, 2.45) is 0 Å². The van der Waals surface area contributed by atoms with Gasteiger partial charge in [0, 0.05) is 6.92 Å². The summed E-state index contributed by atoms with van der Waals surface area (Å²) >= 11 is 0. The number of hydrogen-bond donors (Lipinski definition) is 0. The van der Waals surface area contributed by atoms with Gasteiger partial charge in [0.15, 0.2) is 0 Å². The molecule has 0 spiro atoms. The van der Waals surface area contributed by atoms with Crippen molar-refractivity contribution < 1.29 is 9.53 Å². The molecule has 0 aromatic heterocycles. The zero-order valence-electron chi connectivity index (χ0n) is 6.86. The molecule has 62 valence electrons. The predicted octanol–water partition coefficient (Wildman–Crippen LogP) is 2.12. The summed E-state index contributed by atoms with van der Waals surface area (Å²) in [5.41, 5.74) is 0. The first-order valence-electron chi connectivity index (χ1n) is 3.69. The van der Waals surface area contributed by atoms with Crippen molar-refractivity contribution in [1.29, 1.82) is 0 Å². The van der Waals surface area contributed by atoms with Crippen molar-refractivity contribution in [3.05, 3.63) is 48.3 Å². The summed E-state index contributed by atoms with van der Waals surface area (Å²) in [6.07, 6.45) is 12.7. The van der Waals surface area contributed by atoms with Crippen LogP contribution in [0.1, 0.15) is 6.92 Å². The summed E-state index contributed by atoms with van der Waals surface area (Å²) in [6, 6.07) is 0. The SMILES string of the molecule is CC(=O)OC1=CC=CC=CC=C1. The summed E-state index contributed by atoms with van der Waals surface area (Å²) in [4.78, 5) is 10.6. The third kappa shape index (κ3) is 3.01. The van der Waals surface area contributed by atoms with Crippen molar-refractivity contribution in [3.63, 3.8) is 0 Å². The van der Waals surface area contributed by atoms with E-state index in [2.05, 4.69) is 0 Å². The summed E-state index contributed by atoms with van der Waals surface area (Å²) in [6.45, 7) is 1.38. The molecule has 0 aliphatic heterocycles. The Labute approximate surface area is 71.5 Å². The molecule has 0 amide bonds. The fourth-order valence-electron chi connectivity index (χ4n) is 0.783. The molecule has 1 aliphatic rings. The normalized spacial score (nSPS) is 14.9. The summed E-state index contributed by atoms with van der Waals surface area (Å²) in [5, 5.41) is 0. The molecular formula is C10H10O2. The molecule has 0 saturated heterocycles. The van der Waals surface area contributed by atoms with Gasteiger partial charge in [-0.05, 0) is 12.2 Å². The molecule has 0 aromatic rings. The molecule has 0 radical (unpaired) electrons. The summed E-state index contributed by atoms with van der Waals surface area (Å²) in [7, 11) is 0. The topological polar surface area (TPSA) is 26.3 Å². The molecule has 12 heavy (non-hydrogen) atoms. The number of hydrogen-bond acceptors (Lipinski definition) is 2. The van der Waals surface area contributed by atoms with E-state index in [4.69, 9.17) is 4.74 Å². The van der Waals surface area contributed by atoms with E-state index in [1.54, 1.807) is 12.2 Å². The monoisotopic (exact) mass is 162 g/mol. The first kappa shape index (κ1) is 8.53. The smallest absolute Gasteiger partial charge is 0.308 e. The Morgan fingerprint density at radius 3 is 2.58 bits per heavy atom. The standard InChI is InChI=1S/C10H10O2/c1-9(11)12-10-7-5-3-2-4-6-8-10/h2-8H,1H3. The molecule has 0 fully saturated rings. The van der Waals surface area contributed by atoms with Gasteiger partial charge in [0.2, 0.25) is 0 Å². The minimum Gasteiger partial charge on any atom is -0.427 e. The lowest BCUT2D eigenvalue weighted by Crippen LogP contribution is -1.96. The van der Waals surface area contributed by atoms with E-state index in [9.17, 15) is 4.79 Å². The van der Waals surface area contributed by atoms with E-state index in [1.807, 2.05) is 30.4 Å². The fraction of sp³-hybridized carbons (Fsp3) is 0.100. The van der Waals surface area contributed by atoms with Gasteiger partial charge in [-0.1, -0.05) is 30.4 Å². The van der Waals surface area contributed by atoms with Crippen molar-refractivity contribution in [3.8, 4) is 0 Å². The maximum atomic E-state index is 10.6. The number of carbonyl (C=O) groups excluding carboxylic acids is 1. The number of esters is 1. The van der Waals surface area contributed by atoms with Crippen LogP contribution in [0.15, 0.2) is 48.3 Å². The zero-order valence-corrected chi connectivity index (χ0v) is 6.86. The highest BCUT2D eigenvalue weighted by Gasteiger charge is 1.95. The third-order valence-corrected chi connectivity index (χ3v) is 1.23. The van der Waals surface area contributed by atoms with Gasteiger partial charge in [-0.25, -0.2) is 0 Å². The number of rotatable bonds is 1. The number of allylic oxidation sites excluding steroid dienone is 7. The molecule has 1 aliphatic carbocycles. The Morgan fingerprint density at radius 1 is 1.17 bits per heavy atom. The van der Waals surface area contributed by atoms with Crippen LogP contribution in [-0.2, 0) is 9.53 Å². The second kappa shape index (κ2) is 4.34. The zero-order chi connectivity index (χ0) is 8.81. The molecule has 0 atom stereocenters. The average Bonchev–Trinajstić information content (AvgIpc) is 1.93. The lowest BCUT2D eigenvalue weighted by Gasteiger charge is -1.99.